The van der Waals surface area contributed by atoms with Gasteiger partial charge in [-0.05, 0) is 43.2 Å². The Morgan fingerprint density at radius 3 is 2.47 bits per heavy atom. The Morgan fingerprint density at radius 1 is 1.03 bits per heavy atom. The second-order valence-electron chi connectivity index (χ2n) is 7.32. The number of nitrogens with zero attached hydrogens (tertiary/aromatic N) is 3. The molecule has 2 saturated heterocycles. The highest BCUT2D eigenvalue weighted by Crippen LogP contribution is 2.24. The molecule has 30 heavy (non-hydrogen) atoms. The SMILES string of the molecule is O=C([C@@H]1CCCN1C(=O)c1ccco1)N1CCN(S(=O)(=O)c2cccc(F)c2)CC1. The maximum absolute atomic E-state index is 13.4. The van der Waals surface area contributed by atoms with Crippen molar-refractivity contribution in [1.29, 1.82) is 0 Å². The van der Waals surface area contributed by atoms with Gasteiger partial charge in [-0.3, -0.25) is 9.59 Å². The van der Waals surface area contributed by atoms with Gasteiger partial charge in [0, 0.05) is 32.7 Å². The van der Waals surface area contributed by atoms with Crippen molar-refractivity contribution >= 4 is 21.8 Å². The van der Waals surface area contributed by atoms with Crippen LogP contribution < -0.4 is 0 Å². The van der Waals surface area contributed by atoms with Gasteiger partial charge in [0.15, 0.2) is 5.76 Å². The molecule has 2 aromatic rings. The molecule has 3 heterocycles. The third kappa shape index (κ3) is 3.84. The highest BCUT2D eigenvalue weighted by molar-refractivity contribution is 7.89. The molecule has 1 aromatic heterocycles. The number of rotatable bonds is 4. The number of sulfonamides is 1. The first kappa shape index (κ1) is 20.5. The Kier molecular flexibility index (Phi) is 5.61. The minimum atomic E-state index is -3.83. The largest absolute Gasteiger partial charge is 0.459 e. The highest BCUT2D eigenvalue weighted by Gasteiger charge is 2.39. The molecule has 2 amide bonds. The van der Waals surface area contributed by atoms with E-state index >= 15 is 0 Å². The zero-order valence-corrected chi connectivity index (χ0v) is 17.1. The van der Waals surface area contributed by atoms with Gasteiger partial charge in [-0.25, -0.2) is 12.8 Å². The zero-order chi connectivity index (χ0) is 21.3. The Hall–Kier alpha value is -2.72. The fraction of sp³-hybridized carbons (Fsp3) is 0.400. The molecule has 0 N–H and O–H groups in total. The van der Waals surface area contributed by atoms with Crippen LogP contribution in [0.25, 0.3) is 0 Å². The molecular formula is C20H22FN3O5S. The van der Waals surface area contributed by atoms with Crippen LogP contribution in [-0.2, 0) is 14.8 Å². The summed E-state index contributed by atoms with van der Waals surface area (Å²) in [6, 6.07) is 7.50. The summed E-state index contributed by atoms with van der Waals surface area (Å²) in [4.78, 5) is 28.7. The van der Waals surface area contributed by atoms with E-state index in [2.05, 4.69) is 0 Å². The van der Waals surface area contributed by atoms with E-state index in [4.69, 9.17) is 4.42 Å². The summed E-state index contributed by atoms with van der Waals surface area (Å²) in [6.45, 7) is 1.13. The molecule has 2 aliphatic heterocycles. The van der Waals surface area contributed by atoms with E-state index in [9.17, 15) is 22.4 Å². The summed E-state index contributed by atoms with van der Waals surface area (Å²) in [5.41, 5.74) is 0. The number of hydrogen-bond donors (Lipinski definition) is 0. The van der Waals surface area contributed by atoms with Crippen molar-refractivity contribution < 1.29 is 26.8 Å². The van der Waals surface area contributed by atoms with Gasteiger partial charge >= 0.3 is 0 Å². The minimum absolute atomic E-state index is 0.103. The van der Waals surface area contributed by atoms with Crippen LogP contribution in [0.1, 0.15) is 23.4 Å². The third-order valence-electron chi connectivity index (χ3n) is 5.51. The van der Waals surface area contributed by atoms with Crippen LogP contribution in [0.4, 0.5) is 4.39 Å². The number of carbonyl (C=O) groups is 2. The molecule has 8 nitrogen and oxygen atoms in total. The predicted octanol–water partition coefficient (Wildman–Crippen LogP) is 1.56. The Morgan fingerprint density at radius 2 is 1.80 bits per heavy atom. The Bertz CT molecular complexity index is 1030. The van der Waals surface area contributed by atoms with Crippen LogP contribution in [-0.4, -0.2) is 73.1 Å². The molecule has 0 radical (unpaired) electrons. The second-order valence-corrected chi connectivity index (χ2v) is 9.26. The van der Waals surface area contributed by atoms with Crippen molar-refractivity contribution in [2.75, 3.05) is 32.7 Å². The molecule has 4 rings (SSSR count). The van der Waals surface area contributed by atoms with Gasteiger partial charge in [-0.2, -0.15) is 4.31 Å². The zero-order valence-electron chi connectivity index (χ0n) is 16.2. The van der Waals surface area contributed by atoms with Gasteiger partial charge in [-0.15, -0.1) is 0 Å². The van der Waals surface area contributed by atoms with E-state index in [1.54, 1.807) is 17.0 Å². The summed E-state index contributed by atoms with van der Waals surface area (Å²) in [5, 5.41) is 0. The summed E-state index contributed by atoms with van der Waals surface area (Å²) in [7, 11) is -3.83. The van der Waals surface area contributed by atoms with E-state index in [1.807, 2.05) is 0 Å². The molecule has 2 aliphatic rings. The maximum atomic E-state index is 13.4. The van der Waals surface area contributed by atoms with Gasteiger partial charge in [0.25, 0.3) is 5.91 Å². The number of halogens is 1. The average Bonchev–Trinajstić information content (AvgIpc) is 3.45. The van der Waals surface area contributed by atoms with Crippen LogP contribution in [0.2, 0.25) is 0 Å². The molecule has 2 fully saturated rings. The van der Waals surface area contributed by atoms with Gasteiger partial charge in [0.05, 0.1) is 11.2 Å². The summed E-state index contributed by atoms with van der Waals surface area (Å²) in [6.07, 6.45) is 2.70. The second kappa shape index (κ2) is 8.19. The number of amides is 2. The third-order valence-corrected chi connectivity index (χ3v) is 7.41. The van der Waals surface area contributed by atoms with Gasteiger partial charge in [0.2, 0.25) is 15.9 Å². The summed E-state index contributed by atoms with van der Waals surface area (Å²) >= 11 is 0. The molecule has 1 aromatic carbocycles. The number of benzene rings is 1. The van der Waals surface area contributed by atoms with Gasteiger partial charge < -0.3 is 14.2 Å². The molecule has 10 heteroatoms. The molecule has 0 aliphatic carbocycles. The molecule has 0 spiro atoms. The van der Waals surface area contributed by atoms with E-state index in [1.165, 1.54) is 33.7 Å². The Labute approximate surface area is 173 Å². The van der Waals surface area contributed by atoms with E-state index < -0.39 is 21.9 Å². The first-order chi connectivity index (χ1) is 14.4. The first-order valence-corrected chi connectivity index (χ1v) is 11.2. The number of piperazine rings is 1. The van der Waals surface area contributed by atoms with Crippen molar-refractivity contribution in [3.8, 4) is 0 Å². The van der Waals surface area contributed by atoms with Crippen molar-refractivity contribution in [3.63, 3.8) is 0 Å². The average molecular weight is 435 g/mol. The fourth-order valence-electron chi connectivity index (χ4n) is 3.94. The summed E-state index contributed by atoms with van der Waals surface area (Å²) < 4.78 is 45.3. The lowest BCUT2D eigenvalue weighted by molar-refractivity contribution is -0.136. The van der Waals surface area contributed by atoms with Crippen molar-refractivity contribution in [2.24, 2.45) is 0 Å². The molecular weight excluding hydrogens is 413 g/mol. The number of likely N-dealkylation sites (tertiary alicyclic amines) is 1. The van der Waals surface area contributed by atoms with Crippen molar-refractivity contribution in [2.45, 2.75) is 23.8 Å². The molecule has 160 valence electrons. The van der Waals surface area contributed by atoms with Crippen LogP contribution in [0.15, 0.2) is 52.0 Å². The number of furan rings is 1. The van der Waals surface area contributed by atoms with Crippen LogP contribution in [0.5, 0.6) is 0 Å². The predicted molar refractivity (Wildman–Crippen MR) is 105 cm³/mol. The molecule has 0 saturated carbocycles. The molecule has 0 bridgehead atoms. The van der Waals surface area contributed by atoms with Crippen LogP contribution >= 0.6 is 0 Å². The normalized spacial score (nSPS) is 20.5. The summed E-state index contributed by atoms with van der Waals surface area (Å²) in [5.74, 6) is -0.925. The standard InChI is InChI=1S/C20H22FN3O5S/c21-15-4-1-5-16(14-15)30(27,28)23-11-9-22(10-12-23)19(25)17-6-2-8-24(17)20(26)18-7-3-13-29-18/h1,3-5,7,13-14,17H,2,6,8-12H2/t17-/m0/s1. The lowest BCUT2D eigenvalue weighted by atomic mass is 10.1. The van der Waals surface area contributed by atoms with E-state index in [0.717, 1.165) is 12.5 Å². The molecule has 0 unspecified atom stereocenters. The smallest absolute Gasteiger partial charge is 0.290 e. The van der Waals surface area contributed by atoms with E-state index in [-0.39, 0.29) is 48.6 Å². The van der Waals surface area contributed by atoms with Gasteiger partial charge in [0.1, 0.15) is 11.9 Å². The highest BCUT2D eigenvalue weighted by atomic mass is 32.2. The lowest BCUT2D eigenvalue weighted by Crippen LogP contribution is -2.55. The van der Waals surface area contributed by atoms with Crippen LogP contribution in [0.3, 0.4) is 0 Å². The van der Waals surface area contributed by atoms with Crippen molar-refractivity contribution in [3.05, 3.63) is 54.2 Å². The number of hydrogen-bond acceptors (Lipinski definition) is 5. The quantitative estimate of drug-likeness (QED) is 0.727. The first-order valence-electron chi connectivity index (χ1n) is 9.77. The lowest BCUT2D eigenvalue weighted by Gasteiger charge is -2.36. The monoisotopic (exact) mass is 435 g/mol. The minimum Gasteiger partial charge on any atom is -0.459 e. The maximum Gasteiger partial charge on any atom is 0.290 e. The fourth-order valence-corrected chi connectivity index (χ4v) is 5.40. The van der Waals surface area contributed by atoms with E-state index in [0.29, 0.717) is 13.0 Å². The Balaban J connectivity index is 1.41. The van der Waals surface area contributed by atoms with Crippen LogP contribution in [0, 0.1) is 5.82 Å². The topological polar surface area (TPSA) is 91.1 Å². The number of carbonyl (C=O) groups excluding carboxylic acids is 2. The van der Waals surface area contributed by atoms with Crippen molar-refractivity contribution in [1.82, 2.24) is 14.1 Å². The van der Waals surface area contributed by atoms with Gasteiger partial charge in [-0.1, -0.05) is 6.07 Å². The molecule has 1 atom stereocenters.